The minimum atomic E-state index is -0.632. The Bertz CT molecular complexity index is 1470. The average molecular weight is 538 g/mol. The summed E-state index contributed by atoms with van der Waals surface area (Å²) >= 11 is 0. The van der Waals surface area contributed by atoms with Crippen molar-refractivity contribution < 1.29 is 23.9 Å². The zero-order chi connectivity index (χ0) is 27.9. The quantitative estimate of drug-likeness (QED) is 0.230. The Kier molecular flexibility index (Phi) is 8.43. The van der Waals surface area contributed by atoms with Crippen LogP contribution in [0.15, 0.2) is 36.7 Å². The van der Waals surface area contributed by atoms with Gasteiger partial charge in [-0.15, -0.1) is 0 Å². The Hall–Kier alpha value is -4.88. The number of ether oxygens (including phenoxy) is 2. The van der Waals surface area contributed by atoms with Gasteiger partial charge in [-0.2, -0.15) is 10.2 Å². The third kappa shape index (κ3) is 6.34. The van der Waals surface area contributed by atoms with Crippen LogP contribution in [0.3, 0.4) is 0 Å². The summed E-state index contributed by atoms with van der Waals surface area (Å²) in [7, 11) is 1.47. The third-order valence-electron chi connectivity index (χ3n) is 5.91. The van der Waals surface area contributed by atoms with Gasteiger partial charge in [-0.05, 0) is 44.5 Å². The van der Waals surface area contributed by atoms with E-state index < -0.39 is 12.0 Å². The lowest BCUT2D eigenvalue weighted by molar-refractivity contribution is 0.0995. The normalized spacial score (nSPS) is 10.9. The molecular weight excluding hydrogens is 506 g/mol. The molecule has 0 saturated heterocycles. The first kappa shape index (κ1) is 27.2. The molecule has 0 aliphatic rings. The number of aromatic nitrogens is 6. The number of nitrogens with one attached hydrogen (secondary N) is 2. The van der Waals surface area contributed by atoms with Crippen LogP contribution in [0.4, 0.5) is 10.7 Å². The van der Waals surface area contributed by atoms with Gasteiger partial charge in [-0.1, -0.05) is 0 Å². The highest BCUT2D eigenvalue weighted by atomic mass is 16.5. The molecule has 3 heterocycles. The molecule has 3 aromatic heterocycles. The lowest BCUT2D eigenvalue weighted by Gasteiger charge is -2.13. The summed E-state index contributed by atoms with van der Waals surface area (Å²) in [5.41, 5.74) is 7.80. The van der Waals surface area contributed by atoms with Crippen LogP contribution in [-0.4, -0.2) is 67.3 Å². The standard InChI is InChI=1S/C25H31N9O5/c1-4-34-19(13-16(2)31-34)23(36)30-24-29-18-14-17(22(26)35)15-20(38-3)21(18)33(24)10-5-7-27-25(37)39-12-11-32-9-6-8-28-32/h6,8-9,13-15H,4-5,7,10-12H2,1-3H3,(H2,26,35)(H,27,37)(H,29,30,36). The molecular formula is C25H31N9O5. The van der Waals surface area contributed by atoms with Crippen LogP contribution in [0.5, 0.6) is 5.75 Å². The minimum absolute atomic E-state index is 0.184. The molecule has 4 rings (SSSR count). The second kappa shape index (κ2) is 12.1. The highest BCUT2D eigenvalue weighted by molar-refractivity contribution is 6.04. The van der Waals surface area contributed by atoms with E-state index in [0.717, 1.165) is 0 Å². The highest BCUT2D eigenvalue weighted by Gasteiger charge is 2.21. The predicted molar refractivity (Wildman–Crippen MR) is 142 cm³/mol. The maximum atomic E-state index is 13.2. The molecule has 39 heavy (non-hydrogen) atoms. The number of imidazole rings is 1. The van der Waals surface area contributed by atoms with Gasteiger partial charge in [0.05, 0.1) is 24.9 Å². The smallest absolute Gasteiger partial charge is 0.407 e. The van der Waals surface area contributed by atoms with Gasteiger partial charge in [-0.3, -0.25) is 24.3 Å². The summed E-state index contributed by atoms with van der Waals surface area (Å²) in [6.45, 7) is 5.52. The van der Waals surface area contributed by atoms with Crippen LogP contribution in [0.25, 0.3) is 11.0 Å². The first-order valence-corrected chi connectivity index (χ1v) is 12.4. The Balaban J connectivity index is 1.50. The van der Waals surface area contributed by atoms with Crippen molar-refractivity contribution in [3.63, 3.8) is 0 Å². The molecule has 14 heteroatoms. The summed E-state index contributed by atoms with van der Waals surface area (Å²) in [6.07, 6.45) is 3.37. The molecule has 0 radical (unpaired) electrons. The summed E-state index contributed by atoms with van der Waals surface area (Å²) in [4.78, 5) is 41.6. The average Bonchev–Trinajstić information content (AvgIpc) is 3.64. The Morgan fingerprint density at radius 2 is 1.97 bits per heavy atom. The van der Waals surface area contributed by atoms with Gasteiger partial charge in [0.1, 0.15) is 23.6 Å². The van der Waals surface area contributed by atoms with Gasteiger partial charge in [-0.25, -0.2) is 9.78 Å². The molecule has 4 N–H and O–H groups in total. The second-order valence-corrected chi connectivity index (χ2v) is 8.62. The van der Waals surface area contributed by atoms with Crippen molar-refractivity contribution in [3.05, 3.63) is 53.6 Å². The first-order chi connectivity index (χ1) is 18.8. The van der Waals surface area contributed by atoms with E-state index >= 15 is 0 Å². The minimum Gasteiger partial charge on any atom is -0.494 e. The van der Waals surface area contributed by atoms with Crippen LogP contribution in [0.1, 0.15) is 39.9 Å². The van der Waals surface area contributed by atoms with Crippen molar-refractivity contribution in [2.75, 3.05) is 25.6 Å². The van der Waals surface area contributed by atoms with Gasteiger partial charge in [0.2, 0.25) is 11.9 Å². The fourth-order valence-corrected chi connectivity index (χ4v) is 4.12. The Labute approximate surface area is 224 Å². The SMILES string of the molecule is CCn1nc(C)cc1C(=O)Nc1nc2cc(C(N)=O)cc(OC)c2n1CCCNC(=O)OCCn1cccn1. The molecule has 0 aliphatic heterocycles. The number of carbonyl (C=O) groups is 3. The van der Waals surface area contributed by atoms with E-state index in [1.165, 1.54) is 13.2 Å². The third-order valence-corrected chi connectivity index (χ3v) is 5.91. The zero-order valence-corrected chi connectivity index (χ0v) is 22.0. The van der Waals surface area contributed by atoms with Crippen LogP contribution in [0, 0.1) is 6.92 Å². The number of alkyl carbamates (subject to hydrolysis) is 1. The number of carbonyl (C=O) groups excluding carboxylic acids is 3. The van der Waals surface area contributed by atoms with Crippen molar-refractivity contribution in [2.45, 2.75) is 39.9 Å². The number of benzene rings is 1. The van der Waals surface area contributed by atoms with Crippen molar-refractivity contribution in [2.24, 2.45) is 5.73 Å². The summed E-state index contributed by atoms with van der Waals surface area (Å²) in [5, 5.41) is 14.0. The van der Waals surface area contributed by atoms with E-state index in [0.29, 0.717) is 60.8 Å². The lowest BCUT2D eigenvalue weighted by atomic mass is 10.1. The largest absolute Gasteiger partial charge is 0.494 e. The molecule has 0 aliphatic carbocycles. The molecule has 0 spiro atoms. The maximum absolute atomic E-state index is 13.2. The number of rotatable bonds is 12. The zero-order valence-electron chi connectivity index (χ0n) is 22.0. The molecule has 0 saturated carbocycles. The molecule has 3 amide bonds. The van der Waals surface area contributed by atoms with Gasteiger partial charge in [0, 0.05) is 37.6 Å². The molecule has 14 nitrogen and oxygen atoms in total. The molecule has 0 bridgehead atoms. The fraction of sp³-hybridized carbons (Fsp3) is 0.360. The highest BCUT2D eigenvalue weighted by Crippen LogP contribution is 2.31. The van der Waals surface area contributed by atoms with Crippen LogP contribution in [-0.2, 0) is 24.4 Å². The number of primary amides is 1. The fourth-order valence-electron chi connectivity index (χ4n) is 4.12. The number of anilines is 1. The summed E-state index contributed by atoms with van der Waals surface area (Å²) < 4.78 is 15.7. The molecule has 206 valence electrons. The molecule has 0 unspecified atom stereocenters. The van der Waals surface area contributed by atoms with Crippen molar-refractivity contribution in [1.82, 2.24) is 34.4 Å². The number of hydrogen-bond donors (Lipinski definition) is 3. The van der Waals surface area contributed by atoms with E-state index in [9.17, 15) is 14.4 Å². The van der Waals surface area contributed by atoms with Crippen molar-refractivity contribution in [3.8, 4) is 5.75 Å². The van der Waals surface area contributed by atoms with E-state index in [-0.39, 0.29) is 24.0 Å². The molecule has 0 atom stereocenters. The van der Waals surface area contributed by atoms with E-state index in [1.54, 1.807) is 44.5 Å². The van der Waals surface area contributed by atoms with Gasteiger partial charge < -0.3 is 25.1 Å². The van der Waals surface area contributed by atoms with E-state index in [4.69, 9.17) is 15.2 Å². The topological polar surface area (TPSA) is 173 Å². The monoisotopic (exact) mass is 537 g/mol. The lowest BCUT2D eigenvalue weighted by Crippen LogP contribution is -2.27. The van der Waals surface area contributed by atoms with Crippen LogP contribution in [0.2, 0.25) is 0 Å². The van der Waals surface area contributed by atoms with Crippen molar-refractivity contribution >= 4 is 34.9 Å². The predicted octanol–water partition coefficient (Wildman–Crippen LogP) is 1.93. The number of aryl methyl sites for hydroxylation is 3. The molecule has 4 aromatic rings. The Morgan fingerprint density at radius 1 is 1.15 bits per heavy atom. The summed E-state index contributed by atoms with van der Waals surface area (Å²) in [6, 6.07) is 6.56. The van der Waals surface area contributed by atoms with Crippen LogP contribution < -0.4 is 21.1 Å². The number of nitrogens with zero attached hydrogens (tertiary/aromatic N) is 6. The van der Waals surface area contributed by atoms with Gasteiger partial charge >= 0.3 is 6.09 Å². The van der Waals surface area contributed by atoms with E-state index in [1.807, 2.05) is 13.8 Å². The number of hydrogen-bond acceptors (Lipinski definition) is 8. The molecule has 1 aromatic carbocycles. The van der Waals surface area contributed by atoms with Crippen LogP contribution >= 0.6 is 0 Å². The van der Waals surface area contributed by atoms with E-state index in [2.05, 4.69) is 25.8 Å². The van der Waals surface area contributed by atoms with Gasteiger partial charge in [0.25, 0.3) is 5.91 Å². The summed E-state index contributed by atoms with van der Waals surface area (Å²) in [5.74, 6) is -0.400. The second-order valence-electron chi connectivity index (χ2n) is 8.62. The van der Waals surface area contributed by atoms with Crippen molar-refractivity contribution in [1.29, 1.82) is 0 Å². The number of amides is 3. The number of fused-ring (bicyclic) bond motifs is 1. The first-order valence-electron chi connectivity index (χ1n) is 12.4. The van der Waals surface area contributed by atoms with Gasteiger partial charge in [0.15, 0.2) is 0 Å². The Morgan fingerprint density at radius 3 is 2.67 bits per heavy atom. The molecule has 0 fully saturated rings. The number of nitrogens with two attached hydrogens (primary N) is 1. The number of methoxy groups -OCH3 is 1. The maximum Gasteiger partial charge on any atom is 0.407 e.